The first-order chi connectivity index (χ1) is 11.5. The maximum absolute atomic E-state index is 12.4. The minimum atomic E-state index is -0.480. The summed E-state index contributed by atoms with van der Waals surface area (Å²) in [6.45, 7) is 1.90. The molecule has 0 saturated heterocycles. The molecule has 3 rings (SSSR count). The van der Waals surface area contributed by atoms with Crippen LogP contribution in [0.5, 0.6) is 0 Å². The Morgan fingerprint density at radius 3 is 2.38 bits per heavy atom. The number of halogens is 1. The topological polar surface area (TPSA) is 54.9 Å². The van der Waals surface area contributed by atoms with Crippen LogP contribution in [0.15, 0.2) is 63.0 Å². The summed E-state index contributed by atoms with van der Waals surface area (Å²) < 4.78 is 1.48. The number of rotatable bonds is 3. The van der Waals surface area contributed by atoms with Crippen molar-refractivity contribution in [3.05, 3.63) is 80.0 Å². The molecule has 1 heterocycles. The zero-order valence-corrected chi connectivity index (χ0v) is 14.7. The fourth-order valence-electron chi connectivity index (χ4n) is 2.45. The quantitative estimate of drug-likeness (QED) is 0.723. The Balaban J connectivity index is 2.27. The fourth-order valence-corrected chi connectivity index (χ4v) is 3.04. The second-order valence-corrected chi connectivity index (χ2v) is 6.61. The Kier molecular flexibility index (Phi) is 4.64. The van der Waals surface area contributed by atoms with Gasteiger partial charge in [0.1, 0.15) is 0 Å². The standard InChI is InChI=1S/C18H15ClN2O2S/c1-11-3-4-12(9-15(11)19)16-10-17(22)20-18(23)21(16)13-5-7-14(24-2)8-6-13/h3-10H,1-2H3,(H,20,22,23). The highest BCUT2D eigenvalue weighted by Crippen LogP contribution is 2.26. The van der Waals surface area contributed by atoms with E-state index in [0.29, 0.717) is 22.0 Å². The van der Waals surface area contributed by atoms with Gasteiger partial charge in [0, 0.05) is 21.5 Å². The number of nitrogens with zero attached hydrogens (tertiary/aromatic N) is 1. The monoisotopic (exact) mass is 358 g/mol. The maximum atomic E-state index is 12.4. The van der Waals surface area contributed by atoms with Crippen LogP contribution in [0.25, 0.3) is 16.9 Å². The summed E-state index contributed by atoms with van der Waals surface area (Å²) in [6, 6.07) is 14.5. The molecule has 2 aromatic carbocycles. The van der Waals surface area contributed by atoms with Crippen molar-refractivity contribution in [1.82, 2.24) is 9.55 Å². The van der Waals surface area contributed by atoms with Crippen molar-refractivity contribution < 1.29 is 0 Å². The van der Waals surface area contributed by atoms with Gasteiger partial charge in [-0.2, -0.15) is 0 Å². The number of aromatic amines is 1. The van der Waals surface area contributed by atoms with Crippen molar-refractivity contribution in [2.24, 2.45) is 0 Å². The molecule has 6 heteroatoms. The van der Waals surface area contributed by atoms with Crippen LogP contribution in [0.2, 0.25) is 5.02 Å². The summed E-state index contributed by atoms with van der Waals surface area (Å²) >= 11 is 7.83. The van der Waals surface area contributed by atoms with Gasteiger partial charge in [-0.1, -0.05) is 23.7 Å². The minimum absolute atomic E-state index is 0.441. The molecule has 122 valence electrons. The van der Waals surface area contributed by atoms with E-state index in [0.717, 1.165) is 10.5 Å². The number of aryl methyl sites for hydroxylation is 1. The minimum Gasteiger partial charge on any atom is -0.274 e. The van der Waals surface area contributed by atoms with E-state index < -0.39 is 11.2 Å². The van der Waals surface area contributed by atoms with E-state index in [1.807, 2.05) is 49.6 Å². The molecule has 1 N–H and O–H groups in total. The van der Waals surface area contributed by atoms with Gasteiger partial charge < -0.3 is 0 Å². The SMILES string of the molecule is CSc1ccc(-n2c(-c3ccc(C)c(Cl)c3)cc(=O)[nH]c2=O)cc1. The van der Waals surface area contributed by atoms with Crippen molar-refractivity contribution in [2.45, 2.75) is 11.8 Å². The van der Waals surface area contributed by atoms with Gasteiger partial charge in [-0.15, -0.1) is 11.8 Å². The predicted molar refractivity (Wildman–Crippen MR) is 99.6 cm³/mol. The van der Waals surface area contributed by atoms with E-state index in [-0.39, 0.29) is 0 Å². The Morgan fingerprint density at radius 2 is 1.75 bits per heavy atom. The highest BCUT2D eigenvalue weighted by atomic mass is 35.5. The average Bonchev–Trinajstić information content (AvgIpc) is 2.57. The molecule has 1 aromatic heterocycles. The number of nitrogens with one attached hydrogen (secondary N) is 1. The molecule has 0 aliphatic carbocycles. The lowest BCUT2D eigenvalue weighted by atomic mass is 10.1. The number of thioether (sulfide) groups is 1. The molecule has 0 amide bonds. The number of benzene rings is 2. The molecule has 0 atom stereocenters. The smallest absolute Gasteiger partial charge is 0.274 e. The van der Waals surface area contributed by atoms with Crippen molar-refractivity contribution in [2.75, 3.05) is 6.26 Å². The van der Waals surface area contributed by atoms with Gasteiger partial charge in [-0.25, -0.2) is 4.79 Å². The molecule has 0 bridgehead atoms. The van der Waals surface area contributed by atoms with Crippen molar-refractivity contribution >= 4 is 23.4 Å². The first-order valence-corrected chi connectivity index (χ1v) is 8.87. The van der Waals surface area contributed by atoms with Gasteiger partial charge >= 0.3 is 5.69 Å². The second kappa shape index (κ2) is 6.71. The van der Waals surface area contributed by atoms with E-state index in [1.54, 1.807) is 17.8 Å². The van der Waals surface area contributed by atoms with E-state index in [4.69, 9.17) is 11.6 Å². The van der Waals surface area contributed by atoms with Gasteiger partial charge in [-0.05, 0) is 49.1 Å². The van der Waals surface area contributed by atoms with Gasteiger partial charge in [-0.3, -0.25) is 14.3 Å². The molecule has 0 fully saturated rings. The molecule has 0 aliphatic rings. The van der Waals surface area contributed by atoms with E-state index in [1.165, 1.54) is 10.6 Å². The Labute approximate surface area is 148 Å². The van der Waals surface area contributed by atoms with Crippen molar-refractivity contribution in [3.8, 4) is 16.9 Å². The van der Waals surface area contributed by atoms with Crippen LogP contribution in [0.1, 0.15) is 5.56 Å². The van der Waals surface area contributed by atoms with Crippen LogP contribution < -0.4 is 11.2 Å². The molecule has 0 spiro atoms. The molecule has 0 radical (unpaired) electrons. The van der Waals surface area contributed by atoms with Gasteiger partial charge in [0.15, 0.2) is 0 Å². The van der Waals surface area contributed by atoms with Crippen LogP contribution >= 0.6 is 23.4 Å². The van der Waals surface area contributed by atoms with Crippen LogP contribution in [-0.4, -0.2) is 15.8 Å². The molecule has 24 heavy (non-hydrogen) atoms. The number of hydrogen-bond acceptors (Lipinski definition) is 3. The third kappa shape index (κ3) is 3.18. The highest BCUT2D eigenvalue weighted by Gasteiger charge is 2.11. The van der Waals surface area contributed by atoms with E-state index >= 15 is 0 Å². The molecule has 0 aliphatic heterocycles. The lowest BCUT2D eigenvalue weighted by Crippen LogP contribution is -2.29. The summed E-state index contributed by atoms with van der Waals surface area (Å²) in [5.41, 5.74) is 1.91. The predicted octanol–water partition coefficient (Wildman–Crippen LogP) is 3.88. The normalized spacial score (nSPS) is 10.8. The van der Waals surface area contributed by atoms with Gasteiger partial charge in [0.25, 0.3) is 5.56 Å². The van der Waals surface area contributed by atoms with Crippen molar-refractivity contribution in [1.29, 1.82) is 0 Å². The van der Waals surface area contributed by atoms with Crippen LogP contribution in [0.3, 0.4) is 0 Å². The van der Waals surface area contributed by atoms with Crippen LogP contribution in [0.4, 0.5) is 0 Å². The average molecular weight is 359 g/mol. The van der Waals surface area contributed by atoms with E-state index in [2.05, 4.69) is 4.98 Å². The zero-order valence-electron chi connectivity index (χ0n) is 13.2. The lowest BCUT2D eigenvalue weighted by molar-refractivity contribution is 0.903. The van der Waals surface area contributed by atoms with Crippen LogP contribution in [0, 0.1) is 6.92 Å². The molecular formula is C18H15ClN2O2S. The summed E-state index contributed by atoms with van der Waals surface area (Å²) in [4.78, 5) is 27.6. The summed E-state index contributed by atoms with van der Waals surface area (Å²) in [6.07, 6.45) is 1.99. The third-order valence-corrected chi connectivity index (χ3v) is 4.89. The van der Waals surface area contributed by atoms with Gasteiger partial charge in [0.05, 0.1) is 11.4 Å². The van der Waals surface area contributed by atoms with Crippen LogP contribution in [-0.2, 0) is 0 Å². The van der Waals surface area contributed by atoms with Crippen molar-refractivity contribution in [3.63, 3.8) is 0 Å². The maximum Gasteiger partial charge on any atom is 0.333 e. The fraction of sp³-hybridized carbons (Fsp3) is 0.111. The molecule has 0 unspecified atom stereocenters. The third-order valence-electron chi connectivity index (χ3n) is 3.74. The molecule has 0 saturated carbocycles. The zero-order chi connectivity index (χ0) is 17.3. The highest BCUT2D eigenvalue weighted by molar-refractivity contribution is 7.98. The first-order valence-electron chi connectivity index (χ1n) is 7.27. The Hall–Kier alpha value is -2.24. The lowest BCUT2D eigenvalue weighted by Gasteiger charge is -2.13. The molecular weight excluding hydrogens is 344 g/mol. The first kappa shape index (κ1) is 16.6. The largest absolute Gasteiger partial charge is 0.333 e. The van der Waals surface area contributed by atoms with Gasteiger partial charge in [0.2, 0.25) is 0 Å². The summed E-state index contributed by atoms with van der Waals surface area (Å²) in [5.74, 6) is 0. The second-order valence-electron chi connectivity index (χ2n) is 5.32. The Morgan fingerprint density at radius 1 is 1.04 bits per heavy atom. The summed E-state index contributed by atoms with van der Waals surface area (Å²) in [7, 11) is 0. The molecule has 4 nitrogen and oxygen atoms in total. The number of hydrogen-bond donors (Lipinski definition) is 1. The summed E-state index contributed by atoms with van der Waals surface area (Å²) in [5, 5.41) is 0.588. The number of H-pyrrole nitrogens is 1. The molecule has 3 aromatic rings. The number of aromatic nitrogens is 2. The Bertz CT molecular complexity index is 1010. The van der Waals surface area contributed by atoms with E-state index in [9.17, 15) is 9.59 Å².